The van der Waals surface area contributed by atoms with Gasteiger partial charge in [0.2, 0.25) is 0 Å². The van der Waals surface area contributed by atoms with E-state index in [4.69, 9.17) is 4.74 Å². The van der Waals surface area contributed by atoms with Gasteiger partial charge in [0.15, 0.2) is 0 Å². The first kappa shape index (κ1) is 12.7. The molecule has 0 spiro atoms. The van der Waals surface area contributed by atoms with Gasteiger partial charge >= 0.3 is 0 Å². The Morgan fingerprint density at radius 2 is 2.33 bits per heavy atom. The molecule has 2 atom stereocenters. The van der Waals surface area contributed by atoms with Gasteiger partial charge in [-0.15, -0.1) is 6.58 Å². The van der Waals surface area contributed by atoms with Gasteiger partial charge in [-0.3, -0.25) is 0 Å². The molecule has 2 heteroatoms. The third-order valence-electron chi connectivity index (χ3n) is 3.15. The van der Waals surface area contributed by atoms with Crippen LogP contribution in [0.5, 0.6) is 0 Å². The Morgan fingerprint density at radius 3 is 2.87 bits per heavy atom. The second-order valence-electron chi connectivity index (χ2n) is 4.71. The monoisotopic (exact) mass is 211 g/mol. The lowest BCUT2D eigenvalue weighted by Crippen LogP contribution is -2.32. The fourth-order valence-corrected chi connectivity index (χ4v) is 2.11. The smallest absolute Gasteiger partial charge is 0.0590 e. The molecular weight excluding hydrogens is 186 g/mol. The minimum atomic E-state index is 0.487. The van der Waals surface area contributed by atoms with Crippen LogP contribution >= 0.6 is 0 Å². The highest BCUT2D eigenvalue weighted by molar-refractivity contribution is 4.89. The highest BCUT2D eigenvalue weighted by Gasteiger charge is 2.18. The summed E-state index contributed by atoms with van der Waals surface area (Å²) >= 11 is 0. The molecule has 88 valence electrons. The molecule has 0 aromatic carbocycles. The van der Waals surface area contributed by atoms with Crippen LogP contribution in [0.2, 0.25) is 0 Å². The molecular formula is C13H25NO. The van der Waals surface area contributed by atoms with Crippen molar-refractivity contribution in [3.8, 4) is 0 Å². The second-order valence-corrected chi connectivity index (χ2v) is 4.71. The lowest BCUT2D eigenvalue weighted by Gasteiger charge is -2.26. The third-order valence-corrected chi connectivity index (χ3v) is 3.15. The summed E-state index contributed by atoms with van der Waals surface area (Å²) in [6, 6.07) is 0.588. The molecule has 0 amide bonds. The van der Waals surface area contributed by atoms with Crippen molar-refractivity contribution >= 4 is 0 Å². The Bertz CT molecular complexity index is 185. The average Bonchev–Trinajstić information content (AvgIpc) is 2.25. The van der Waals surface area contributed by atoms with Crippen molar-refractivity contribution < 1.29 is 4.74 Å². The molecule has 0 aromatic heterocycles. The lowest BCUT2D eigenvalue weighted by atomic mass is 9.98. The van der Waals surface area contributed by atoms with Crippen LogP contribution in [-0.4, -0.2) is 25.8 Å². The van der Waals surface area contributed by atoms with E-state index >= 15 is 0 Å². The molecule has 1 rings (SSSR count). The molecule has 1 aliphatic rings. The summed E-state index contributed by atoms with van der Waals surface area (Å²) in [5, 5.41) is 3.38. The van der Waals surface area contributed by atoms with Gasteiger partial charge in [-0.05, 0) is 52.5 Å². The zero-order valence-corrected chi connectivity index (χ0v) is 10.2. The van der Waals surface area contributed by atoms with Gasteiger partial charge in [0, 0.05) is 12.6 Å². The van der Waals surface area contributed by atoms with E-state index in [2.05, 4.69) is 18.8 Å². The van der Waals surface area contributed by atoms with E-state index in [1.54, 1.807) is 0 Å². The zero-order valence-electron chi connectivity index (χ0n) is 10.2. The molecule has 15 heavy (non-hydrogen) atoms. The Morgan fingerprint density at radius 1 is 1.53 bits per heavy atom. The first-order valence-electron chi connectivity index (χ1n) is 6.15. The fraction of sp³-hybridized carbons (Fsp3) is 0.846. The van der Waals surface area contributed by atoms with Gasteiger partial charge in [0.05, 0.1) is 6.10 Å². The molecule has 1 saturated heterocycles. The van der Waals surface area contributed by atoms with Crippen LogP contribution < -0.4 is 5.32 Å². The molecule has 0 bridgehead atoms. The zero-order chi connectivity index (χ0) is 11.1. The van der Waals surface area contributed by atoms with Crippen molar-refractivity contribution in [2.45, 2.75) is 57.6 Å². The minimum absolute atomic E-state index is 0.487. The molecule has 0 aliphatic carbocycles. The lowest BCUT2D eigenvalue weighted by molar-refractivity contribution is 0.00519. The Hall–Kier alpha value is -0.340. The maximum atomic E-state index is 5.75. The SMILES string of the molecule is C=C(C)CCC(CC1CCCCO1)NC. The topological polar surface area (TPSA) is 21.3 Å². The molecule has 2 nitrogen and oxygen atoms in total. The molecule has 1 heterocycles. The summed E-state index contributed by atoms with van der Waals surface area (Å²) in [5.74, 6) is 0. The standard InChI is InChI=1S/C13H25NO/c1-11(2)7-8-12(14-3)10-13-6-4-5-9-15-13/h12-14H,1,4-10H2,2-3H3. The van der Waals surface area contributed by atoms with Crippen LogP contribution in [0.3, 0.4) is 0 Å². The van der Waals surface area contributed by atoms with Crippen molar-refractivity contribution in [2.24, 2.45) is 0 Å². The molecule has 0 saturated carbocycles. The maximum Gasteiger partial charge on any atom is 0.0590 e. The highest BCUT2D eigenvalue weighted by Crippen LogP contribution is 2.19. The third kappa shape index (κ3) is 5.33. The van der Waals surface area contributed by atoms with Crippen molar-refractivity contribution in [3.05, 3.63) is 12.2 Å². The Balaban J connectivity index is 2.22. The fourth-order valence-electron chi connectivity index (χ4n) is 2.11. The molecule has 0 aromatic rings. The molecule has 2 unspecified atom stereocenters. The van der Waals surface area contributed by atoms with Gasteiger partial charge < -0.3 is 10.1 Å². The van der Waals surface area contributed by atoms with E-state index in [9.17, 15) is 0 Å². The molecule has 1 fully saturated rings. The minimum Gasteiger partial charge on any atom is -0.378 e. The number of nitrogens with one attached hydrogen (secondary N) is 1. The summed E-state index contributed by atoms with van der Waals surface area (Å²) in [6.45, 7) is 7.01. The maximum absolute atomic E-state index is 5.75. The highest BCUT2D eigenvalue weighted by atomic mass is 16.5. The van der Waals surface area contributed by atoms with Gasteiger partial charge in [-0.1, -0.05) is 5.57 Å². The van der Waals surface area contributed by atoms with Crippen molar-refractivity contribution in [3.63, 3.8) is 0 Å². The van der Waals surface area contributed by atoms with Gasteiger partial charge in [-0.2, -0.15) is 0 Å². The van der Waals surface area contributed by atoms with Crippen molar-refractivity contribution in [1.82, 2.24) is 5.32 Å². The van der Waals surface area contributed by atoms with Crippen molar-refractivity contribution in [1.29, 1.82) is 0 Å². The van der Waals surface area contributed by atoms with Crippen LogP contribution in [0.4, 0.5) is 0 Å². The first-order chi connectivity index (χ1) is 7.22. The number of ether oxygens (including phenoxy) is 1. The van der Waals surface area contributed by atoms with Crippen LogP contribution in [0.1, 0.15) is 45.4 Å². The number of allylic oxidation sites excluding steroid dienone is 1. The average molecular weight is 211 g/mol. The predicted octanol–water partition coefficient (Wildman–Crippen LogP) is 2.89. The van der Waals surface area contributed by atoms with E-state index in [1.165, 1.54) is 31.3 Å². The Labute approximate surface area is 94.1 Å². The summed E-state index contributed by atoms with van der Waals surface area (Å²) in [6.07, 6.45) is 7.77. The normalized spacial score (nSPS) is 23.7. The van der Waals surface area contributed by atoms with Gasteiger partial charge in [-0.25, -0.2) is 0 Å². The number of hydrogen-bond acceptors (Lipinski definition) is 2. The van der Waals surface area contributed by atoms with E-state index in [1.807, 2.05) is 7.05 Å². The largest absolute Gasteiger partial charge is 0.378 e. The summed E-state index contributed by atoms with van der Waals surface area (Å²) in [5.41, 5.74) is 1.28. The van der Waals surface area contributed by atoms with Crippen LogP contribution in [0, 0.1) is 0 Å². The second kappa shape index (κ2) is 7.02. The van der Waals surface area contributed by atoms with Gasteiger partial charge in [0.25, 0.3) is 0 Å². The van der Waals surface area contributed by atoms with Crippen molar-refractivity contribution in [2.75, 3.05) is 13.7 Å². The number of hydrogen-bond donors (Lipinski definition) is 1. The van der Waals surface area contributed by atoms with E-state index in [0.717, 1.165) is 19.4 Å². The van der Waals surface area contributed by atoms with Crippen LogP contribution in [-0.2, 0) is 4.74 Å². The molecule has 1 aliphatic heterocycles. The predicted molar refractivity (Wildman–Crippen MR) is 65.1 cm³/mol. The quantitative estimate of drug-likeness (QED) is 0.682. The van der Waals surface area contributed by atoms with E-state index in [-0.39, 0.29) is 0 Å². The van der Waals surface area contributed by atoms with E-state index in [0.29, 0.717) is 12.1 Å². The molecule has 0 radical (unpaired) electrons. The Kier molecular flexibility index (Phi) is 5.96. The summed E-state index contributed by atoms with van der Waals surface area (Å²) in [4.78, 5) is 0. The first-order valence-corrected chi connectivity index (χ1v) is 6.15. The summed E-state index contributed by atoms with van der Waals surface area (Å²) < 4.78 is 5.75. The molecule has 1 N–H and O–H groups in total. The van der Waals surface area contributed by atoms with Crippen LogP contribution in [0.25, 0.3) is 0 Å². The van der Waals surface area contributed by atoms with E-state index < -0.39 is 0 Å². The number of rotatable bonds is 6. The van der Waals surface area contributed by atoms with Gasteiger partial charge in [0.1, 0.15) is 0 Å². The summed E-state index contributed by atoms with van der Waals surface area (Å²) in [7, 11) is 2.05. The van der Waals surface area contributed by atoms with Crippen LogP contribution in [0.15, 0.2) is 12.2 Å².